The summed E-state index contributed by atoms with van der Waals surface area (Å²) in [6.07, 6.45) is 0. The van der Waals surface area contributed by atoms with Crippen LogP contribution in [-0.2, 0) is 4.79 Å². The van der Waals surface area contributed by atoms with Gasteiger partial charge in [0, 0.05) is 16.3 Å². The van der Waals surface area contributed by atoms with Gasteiger partial charge >= 0.3 is 0 Å². The Kier molecular flexibility index (Phi) is 5.89. The topological polar surface area (TPSA) is 58.2 Å². The zero-order valence-corrected chi connectivity index (χ0v) is 15.5. The Morgan fingerprint density at radius 2 is 1.48 bits per heavy atom. The Morgan fingerprint density at radius 1 is 0.852 bits per heavy atom. The number of rotatable bonds is 5. The highest BCUT2D eigenvalue weighted by Gasteiger charge is 2.23. The predicted molar refractivity (Wildman–Crippen MR) is 108 cm³/mol. The van der Waals surface area contributed by atoms with E-state index in [1.807, 2.05) is 61.5 Å². The average molecular weight is 379 g/mol. The molecule has 0 saturated heterocycles. The first-order chi connectivity index (χ1) is 13.0. The highest BCUT2D eigenvalue weighted by molar-refractivity contribution is 6.30. The van der Waals surface area contributed by atoms with Gasteiger partial charge in [-0.15, -0.1) is 0 Å². The number of nitrogens with one attached hydrogen (secondary N) is 2. The van der Waals surface area contributed by atoms with Gasteiger partial charge in [0.2, 0.25) is 0 Å². The first kappa shape index (κ1) is 18.7. The molecule has 5 heteroatoms. The van der Waals surface area contributed by atoms with Gasteiger partial charge in [-0.25, -0.2) is 0 Å². The maximum atomic E-state index is 12.9. The minimum Gasteiger partial charge on any atom is -0.336 e. The SMILES string of the molecule is Cc1ccccc1NC(=O)[C@@H](NC(=O)c1ccc(Cl)cc1)c1ccccc1. The monoisotopic (exact) mass is 378 g/mol. The Morgan fingerprint density at radius 3 is 2.15 bits per heavy atom. The van der Waals surface area contributed by atoms with Crippen LogP contribution in [0.4, 0.5) is 5.69 Å². The molecule has 0 aromatic heterocycles. The van der Waals surface area contributed by atoms with Crippen molar-refractivity contribution in [3.8, 4) is 0 Å². The fourth-order valence-corrected chi connectivity index (χ4v) is 2.81. The molecule has 0 aliphatic rings. The van der Waals surface area contributed by atoms with Gasteiger partial charge in [-0.3, -0.25) is 9.59 Å². The summed E-state index contributed by atoms with van der Waals surface area (Å²) in [5.74, 6) is -0.654. The number of amides is 2. The number of benzene rings is 3. The molecule has 0 aliphatic carbocycles. The molecule has 3 aromatic carbocycles. The summed E-state index contributed by atoms with van der Waals surface area (Å²) >= 11 is 5.88. The zero-order valence-electron chi connectivity index (χ0n) is 14.8. The highest BCUT2D eigenvalue weighted by Crippen LogP contribution is 2.19. The third-order valence-corrected chi connectivity index (χ3v) is 4.43. The summed E-state index contributed by atoms with van der Waals surface area (Å²) in [7, 11) is 0. The fourth-order valence-electron chi connectivity index (χ4n) is 2.68. The first-order valence-electron chi connectivity index (χ1n) is 8.52. The maximum absolute atomic E-state index is 12.9. The van der Waals surface area contributed by atoms with Crippen molar-refractivity contribution in [3.05, 3.63) is 101 Å². The van der Waals surface area contributed by atoms with E-state index in [-0.39, 0.29) is 11.8 Å². The van der Waals surface area contributed by atoms with Crippen LogP contribution in [0.3, 0.4) is 0 Å². The second-order valence-corrected chi connectivity index (χ2v) is 6.56. The molecule has 0 aliphatic heterocycles. The Hall–Kier alpha value is -3.11. The van der Waals surface area contributed by atoms with E-state index in [2.05, 4.69) is 10.6 Å². The molecule has 0 spiro atoms. The molecule has 3 aromatic rings. The third-order valence-electron chi connectivity index (χ3n) is 4.18. The lowest BCUT2D eigenvalue weighted by Crippen LogP contribution is -2.37. The maximum Gasteiger partial charge on any atom is 0.252 e. The number of hydrogen-bond donors (Lipinski definition) is 2. The summed E-state index contributed by atoms with van der Waals surface area (Å²) in [6.45, 7) is 1.92. The molecule has 0 bridgehead atoms. The minimum absolute atomic E-state index is 0.308. The summed E-state index contributed by atoms with van der Waals surface area (Å²) in [4.78, 5) is 25.6. The lowest BCUT2D eigenvalue weighted by atomic mass is 10.0. The van der Waals surface area contributed by atoms with Gasteiger partial charge in [0.15, 0.2) is 0 Å². The van der Waals surface area contributed by atoms with Crippen LogP contribution in [0.2, 0.25) is 5.02 Å². The van der Waals surface area contributed by atoms with Crippen molar-refractivity contribution >= 4 is 29.1 Å². The number of aryl methyl sites for hydroxylation is 1. The summed E-state index contributed by atoms with van der Waals surface area (Å²) in [6, 6.07) is 22.4. The van der Waals surface area contributed by atoms with Gasteiger partial charge in [-0.2, -0.15) is 0 Å². The fraction of sp³-hybridized carbons (Fsp3) is 0.0909. The zero-order chi connectivity index (χ0) is 19.2. The molecular formula is C22H19ClN2O2. The molecule has 0 fully saturated rings. The Bertz CT molecular complexity index is 940. The standard InChI is InChI=1S/C22H19ClN2O2/c1-15-7-5-6-10-19(15)24-22(27)20(16-8-3-2-4-9-16)25-21(26)17-11-13-18(23)14-12-17/h2-14,20H,1H3,(H,24,27)(H,25,26)/t20-/m0/s1. The Balaban J connectivity index is 1.85. The highest BCUT2D eigenvalue weighted by atomic mass is 35.5. The molecule has 0 heterocycles. The largest absolute Gasteiger partial charge is 0.336 e. The van der Waals surface area contributed by atoms with Crippen LogP contribution in [-0.4, -0.2) is 11.8 Å². The number of hydrogen-bond acceptors (Lipinski definition) is 2. The van der Waals surface area contributed by atoms with E-state index in [1.54, 1.807) is 24.3 Å². The summed E-state index contributed by atoms with van der Waals surface area (Å²) < 4.78 is 0. The quantitative estimate of drug-likeness (QED) is 0.672. The molecule has 1 atom stereocenters. The number of carbonyl (C=O) groups is 2. The van der Waals surface area contributed by atoms with E-state index >= 15 is 0 Å². The number of para-hydroxylation sites is 1. The minimum atomic E-state index is -0.825. The van der Waals surface area contributed by atoms with Crippen LogP contribution in [0.1, 0.15) is 27.5 Å². The lowest BCUT2D eigenvalue weighted by Gasteiger charge is -2.19. The van der Waals surface area contributed by atoms with E-state index in [9.17, 15) is 9.59 Å². The van der Waals surface area contributed by atoms with Crippen molar-refractivity contribution in [1.82, 2.24) is 5.32 Å². The molecule has 4 nitrogen and oxygen atoms in total. The number of carbonyl (C=O) groups excluding carboxylic acids is 2. The molecule has 0 saturated carbocycles. The van der Waals surface area contributed by atoms with Crippen LogP contribution in [0, 0.1) is 6.92 Å². The summed E-state index contributed by atoms with van der Waals surface area (Å²) in [5.41, 5.74) is 2.79. The van der Waals surface area contributed by atoms with E-state index < -0.39 is 6.04 Å². The third kappa shape index (κ3) is 4.74. The van der Waals surface area contributed by atoms with Crippen molar-refractivity contribution in [3.63, 3.8) is 0 Å². The van der Waals surface area contributed by atoms with Gasteiger partial charge in [0.25, 0.3) is 11.8 Å². The van der Waals surface area contributed by atoms with E-state index in [1.165, 1.54) is 0 Å². The smallest absolute Gasteiger partial charge is 0.252 e. The van der Waals surface area contributed by atoms with Crippen molar-refractivity contribution in [2.75, 3.05) is 5.32 Å². The molecule has 2 N–H and O–H groups in total. The molecule has 27 heavy (non-hydrogen) atoms. The molecule has 3 rings (SSSR count). The van der Waals surface area contributed by atoms with Crippen LogP contribution in [0.15, 0.2) is 78.9 Å². The normalized spacial score (nSPS) is 11.5. The second-order valence-electron chi connectivity index (χ2n) is 6.13. The molecular weight excluding hydrogens is 360 g/mol. The van der Waals surface area contributed by atoms with Gasteiger partial charge in [0.1, 0.15) is 6.04 Å². The first-order valence-corrected chi connectivity index (χ1v) is 8.90. The van der Waals surface area contributed by atoms with Crippen LogP contribution in [0.5, 0.6) is 0 Å². The van der Waals surface area contributed by atoms with E-state index in [0.29, 0.717) is 21.8 Å². The molecule has 0 unspecified atom stereocenters. The van der Waals surface area contributed by atoms with Crippen LogP contribution in [0.25, 0.3) is 0 Å². The van der Waals surface area contributed by atoms with Crippen LogP contribution >= 0.6 is 11.6 Å². The summed E-state index contributed by atoms with van der Waals surface area (Å²) in [5, 5.41) is 6.26. The Labute approximate surface area is 163 Å². The molecule has 2 amide bonds. The second kappa shape index (κ2) is 8.52. The van der Waals surface area contributed by atoms with Crippen molar-refractivity contribution in [2.45, 2.75) is 13.0 Å². The van der Waals surface area contributed by atoms with Crippen molar-refractivity contribution in [2.24, 2.45) is 0 Å². The number of halogens is 1. The molecule has 0 radical (unpaired) electrons. The average Bonchev–Trinajstić information content (AvgIpc) is 2.69. The van der Waals surface area contributed by atoms with Crippen molar-refractivity contribution in [1.29, 1.82) is 0 Å². The number of anilines is 1. The van der Waals surface area contributed by atoms with E-state index in [0.717, 1.165) is 5.56 Å². The van der Waals surface area contributed by atoms with Gasteiger partial charge in [-0.05, 0) is 48.4 Å². The predicted octanol–water partition coefficient (Wildman–Crippen LogP) is 4.76. The van der Waals surface area contributed by atoms with Gasteiger partial charge in [0.05, 0.1) is 0 Å². The van der Waals surface area contributed by atoms with E-state index in [4.69, 9.17) is 11.6 Å². The van der Waals surface area contributed by atoms with Gasteiger partial charge in [-0.1, -0.05) is 60.1 Å². The van der Waals surface area contributed by atoms with Crippen molar-refractivity contribution < 1.29 is 9.59 Å². The molecule has 136 valence electrons. The van der Waals surface area contributed by atoms with Crippen LogP contribution < -0.4 is 10.6 Å². The lowest BCUT2D eigenvalue weighted by molar-refractivity contribution is -0.118. The van der Waals surface area contributed by atoms with Gasteiger partial charge < -0.3 is 10.6 Å².